The van der Waals surface area contributed by atoms with Crippen molar-refractivity contribution in [2.75, 3.05) is 11.9 Å². The van der Waals surface area contributed by atoms with Crippen molar-refractivity contribution in [3.05, 3.63) is 59.2 Å². The van der Waals surface area contributed by atoms with Crippen LogP contribution < -0.4 is 5.32 Å². The van der Waals surface area contributed by atoms with Crippen molar-refractivity contribution >= 4 is 5.69 Å². The van der Waals surface area contributed by atoms with Crippen molar-refractivity contribution in [3.63, 3.8) is 0 Å². The summed E-state index contributed by atoms with van der Waals surface area (Å²) >= 11 is 0. The van der Waals surface area contributed by atoms with E-state index >= 15 is 0 Å². The summed E-state index contributed by atoms with van der Waals surface area (Å²) in [5.74, 6) is 0.291. The molecule has 0 saturated heterocycles. The van der Waals surface area contributed by atoms with Gasteiger partial charge in [-0.25, -0.2) is 0 Å². The van der Waals surface area contributed by atoms with E-state index in [0.717, 1.165) is 24.2 Å². The quantitative estimate of drug-likeness (QED) is 0.878. The lowest BCUT2D eigenvalue weighted by atomic mass is 10.1. The minimum absolute atomic E-state index is 0.291. The molecule has 0 aliphatic carbocycles. The standard InChI is InChI=1S/C16H16N2O/c1-12-10-15(5-4-14(12)11-17)18-9-8-13-2-6-16(19)7-3-13/h2-7,10,18-19H,8-9H2,1H3. The molecule has 2 aromatic carbocycles. The number of phenols is 1. The number of benzene rings is 2. The van der Waals surface area contributed by atoms with Gasteiger partial charge in [0.1, 0.15) is 5.75 Å². The summed E-state index contributed by atoms with van der Waals surface area (Å²) in [6, 6.07) is 15.1. The van der Waals surface area contributed by atoms with E-state index in [0.29, 0.717) is 11.3 Å². The van der Waals surface area contributed by atoms with Crippen LogP contribution in [0.3, 0.4) is 0 Å². The van der Waals surface area contributed by atoms with Gasteiger partial charge in [-0.2, -0.15) is 5.26 Å². The van der Waals surface area contributed by atoms with Crippen molar-refractivity contribution in [3.8, 4) is 11.8 Å². The first-order valence-electron chi connectivity index (χ1n) is 6.21. The van der Waals surface area contributed by atoms with Gasteiger partial charge in [-0.1, -0.05) is 12.1 Å². The lowest BCUT2D eigenvalue weighted by molar-refractivity contribution is 0.475. The molecule has 0 amide bonds. The van der Waals surface area contributed by atoms with Gasteiger partial charge in [-0.15, -0.1) is 0 Å². The first-order valence-corrected chi connectivity index (χ1v) is 6.21. The van der Waals surface area contributed by atoms with Crippen molar-refractivity contribution < 1.29 is 5.11 Å². The fourth-order valence-corrected chi connectivity index (χ4v) is 1.91. The Labute approximate surface area is 113 Å². The Balaban J connectivity index is 1.91. The van der Waals surface area contributed by atoms with Gasteiger partial charge in [0, 0.05) is 12.2 Å². The molecule has 0 fully saturated rings. The third kappa shape index (κ3) is 3.49. The highest BCUT2D eigenvalue weighted by Gasteiger charge is 1.99. The lowest BCUT2D eigenvalue weighted by Crippen LogP contribution is -2.05. The maximum atomic E-state index is 9.20. The van der Waals surface area contributed by atoms with Crippen molar-refractivity contribution in [1.82, 2.24) is 0 Å². The van der Waals surface area contributed by atoms with Crippen LogP contribution in [0.1, 0.15) is 16.7 Å². The number of rotatable bonds is 4. The minimum atomic E-state index is 0.291. The Morgan fingerprint density at radius 3 is 2.53 bits per heavy atom. The van der Waals surface area contributed by atoms with Gasteiger partial charge in [0.05, 0.1) is 11.6 Å². The Bertz CT molecular complexity index is 597. The maximum Gasteiger partial charge on any atom is 0.115 e. The van der Waals surface area contributed by atoms with Crippen LogP contribution in [0.2, 0.25) is 0 Å². The Hall–Kier alpha value is -2.47. The molecule has 19 heavy (non-hydrogen) atoms. The van der Waals surface area contributed by atoms with Gasteiger partial charge in [0.2, 0.25) is 0 Å². The van der Waals surface area contributed by atoms with E-state index in [1.807, 2.05) is 37.3 Å². The van der Waals surface area contributed by atoms with Crippen LogP contribution in [0.25, 0.3) is 0 Å². The van der Waals surface area contributed by atoms with E-state index in [1.54, 1.807) is 12.1 Å². The molecular formula is C16H16N2O. The zero-order valence-electron chi connectivity index (χ0n) is 10.9. The monoisotopic (exact) mass is 252 g/mol. The summed E-state index contributed by atoms with van der Waals surface area (Å²) in [6.07, 6.45) is 0.888. The Morgan fingerprint density at radius 1 is 1.16 bits per heavy atom. The summed E-state index contributed by atoms with van der Waals surface area (Å²) in [5.41, 5.74) is 3.90. The van der Waals surface area contributed by atoms with Gasteiger partial charge >= 0.3 is 0 Å². The van der Waals surface area contributed by atoms with Gasteiger partial charge < -0.3 is 10.4 Å². The second-order valence-electron chi connectivity index (χ2n) is 4.48. The molecule has 0 unspecified atom stereocenters. The molecule has 0 saturated carbocycles. The van der Waals surface area contributed by atoms with Crippen LogP contribution in [0.5, 0.6) is 5.75 Å². The van der Waals surface area contributed by atoms with E-state index in [4.69, 9.17) is 5.26 Å². The smallest absolute Gasteiger partial charge is 0.115 e. The molecule has 0 radical (unpaired) electrons. The van der Waals surface area contributed by atoms with Gasteiger partial charge in [0.15, 0.2) is 0 Å². The Morgan fingerprint density at radius 2 is 1.89 bits per heavy atom. The third-order valence-corrected chi connectivity index (χ3v) is 3.03. The van der Waals surface area contributed by atoms with Crippen LogP contribution in [-0.4, -0.2) is 11.7 Å². The second-order valence-corrected chi connectivity index (χ2v) is 4.48. The average molecular weight is 252 g/mol. The number of nitrogens with zero attached hydrogens (tertiary/aromatic N) is 1. The normalized spacial score (nSPS) is 9.89. The molecule has 0 spiro atoms. The van der Waals surface area contributed by atoms with Crippen molar-refractivity contribution in [2.24, 2.45) is 0 Å². The molecule has 2 aromatic rings. The van der Waals surface area contributed by atoms with E-state index in [2.05, 4.69) is 11.4 Å². The predicted molar refractivity (Wildman–Crippen MR) is 76.2 cm³/mol. The fourth-order valence-electron chi connectivity index (χ4n) is 1.91. The molecule has 0 bridgehead atoms. The van der Waals surface area contributed by atoms with Crippen molar-refractivity contribution in [1.29, 1.82) is 5.26 Å². The van der Waals surface area contributed by atoms with Gasteiger partial charge in [-0.3, -0.25) is 0 Å². The molecule has 0 atom stereocenters. The van der Waals surface area contributed by atoms with E-state index < -0.39 is 0 Å². The number of aromatic hydroxyl groups is 1. The van der Waals surface area contributed by atoms with E-state index in [9.17, 15) is 5.11 Å². The summed E-state index contributed by atoms with van der Waals surface area (Å²) in [7, 11) is 0. The van der Waals surface area contributed by atoms with Crippen LogP contribution in [0.4, 0.5) is 5.69 Å². The molecule has 0 aromatic heterocycles. The SMILES string of the molecule is Cc1cc(NCCc2ccc(O)cc2)ccc1C#N. The molecule has 2 N–H and O–H groups in total. The number of hydrogen-bond acceptors (Lipinski definition) is 3. The molecular weight excluding hydrogens is 236 g/mol. The molecule has 3 heteroatoms. The largest absolute Gasteiger partial charge is 0.508 e. The van der Waals surface area contributed by atoms with Gasteiger partial charge in [-0.05, 0) is 54.8 Å². The zero-order valence-corrected chi connectivity index (χ0v) is 10.9. The van der Waals surface area contributed by atoms with E-state index in [1.165, 1.54) is 5.56 Å². The number of phenolic OH excluding ortho intramolecular Hbond substituents is 1. The molecule has 96 valence electrons. The highest BCUT2D eigenvalue weighted by molar-refractivity contribution is 5.51. The summed E-state index contributed by atoms with van der Waals surface area (Å²) in [5, 5.41) is 21.4. The minimum Gasteiger partial charge on any atom is -0.508 e. The van der Waals surface area contributed by atoms with Crippen LogP contribution in [-0.2, 0) is 6.42 Å². The van der Waals surface area contributed by atoms with Crippen molar-refractivity contribution in [2.45, 2.75) is 13.3 Å². The molecule has 3 nitrogen and oxygen atoms in total. The zero-order chi connectivity index (χ0) is 13.7. The number of aryl methyl sites for hydroxylation is 1. The van der Waals surface area contributed by atoms with E-state index in [-0.39, 0.29) is 0 Å². The second kappa shape index (κ2) is 5.92. The van der Waals surface area contributed by atoms with Crippen LogP contribution in [0.15, 0.2) is 42.5 Å². The van der Waals surface area contributed by atoms with Crippen LogP contribution >= 0.6 is 0 Å². The first-order chi connectivity index (χ1) is 9.19. The average Bonchev–Trinajstić information content (AvgIpc) is 2.41. The highest BCUT2D eigenvalue weighted by atomic mass is 16.3. The maximum absolute atomic E-state index is 9.20. The summed E-state index contributed by atoms with van der Waals surface area (Å²) in [6.45, 7) is 2.75. The summed E-state index contributed by atoms with van der Waals surface area (Å²) < 4.78 is 0. The molecule has 0 heterocycles. The van der Waals surface area contributed by atoms with Gasteiger partial charge in [0.25, 0.3) is 0 Å². The topological polar surface area (TPSA) is 56.0 Å². The number of hydrogen-bond donors (Lipinski definition) is 2. The predicted octanol–water partition coefficient (Wildman–Crippen LogP) is 3.23. The first kappa shape index (κ1) is 13.0. The molecule has 0 aliphatic rings. The highest BCUT2D eigenvalue weighted by Crippen LogP contribution is 2.15. The number of nitriles is 1. The third-order valence-electron chi connectivity index (χ3n) is 3.03. The number of anilines is 1. The van der Waals surface area contributed by atoms with Crippen LogP contribution in [0, 0.1) is 18.3 Å². The lowest BCUT2D eigenvalue weighted by Gasteiger charge is -2.08. The number of nitrogens with one attached hydrogen (secondary N) is 1. The Kier molecular flexibility index (Phi) is 4.04. The fraction of sp³-hybridized carbons (Fsp3) is 0.188. The summed E-state index contributed by atoms with van der Waals surface area (Å²) in [4.78, 5) is 0. The molecule has 2 rings (SSSR count). The molecule has 0 aliphatic heterocycles.